The highest BCUT2D eigenvalue weighted by molar-refractivity contribution is 7.99. The minimum absolute atomic E-state index is 0.0379. The first kappa shape index (κ1) is 22.1. The number of hydrogen-bond donors (Lipinski definition) is 2. The van der Waals surface area contributed by atoms with Gasteiger partial charge in [0.2, 0.25) is 10.0 Å². The van der Waals surface area contributed by atoms with Gasteiger partial charge in [-0.1, -0.05) is 23.9 Å². The van der Waals surface area contributed by atoms with Gasteiger partial charge in [-0.2, -0.15) is 0 Å². The quantitative estimate of drug-likeness (QED) is 0.403. The molecule has 0 aliphatic carbocycles. The van der Waals surface area contributed by atoms with Crippen molar-refractivity contribution in [1.82, 2.24) is 14.6 Å². The van der Waals surface area contributed by atoms with Crippen LogP contribution in [0.1, 0.15) is 12.7 Å². The van der Waals surface area contributed by atoms with Crippen LogP contribution in [0.3, 0.4) is 0 Å². The molecule has 0 aliphatic heterocycles. The molecular formula is C22H22FN5O2S2. The minimum Gasteiger partial charge on any atom is -0.385 e. The molecule has 0 saturated heterocycles. The largest absolute Gasteiger partial charge is 0.385 e. The summed E-state index contributed by atoms with van der Waals surface area (Å²) in [5, 5.41) is 11.5. The van der Waals surface area contributed by atoms with Gasteiger partial charge in [0.25, 0.3) is 0 Å². The second-order valence-corrected chi connectivity index (χ2v) is 10.2. The van der Waals surface area contributed by atoms with Crippen molar-refractivity contribution in [2.75, 3.05) is 22.8 Å². The van der Waals surface area contributed by atoms with Crippen molar-refractivity contribution in [2.45, 2.75) is 23.6 Å². The monoisotopic (exact) mass is 471 g/mol. The Bertz CT molecular complexity index is 1400. The molecule has 2 aromatic heterocycles. The maximum absolute atomic E-state index is 14.4. The lowest BCUT2D eigenvalue weighted by Gasteiger charge is -2.15. The van der Waals surface area contributed by atoms with E-state index >= 15 is 0 Å². The zero-order valence-corrected chi connectivity index (χ0v) is 19.4. The molecule has 10 heteroatoms. The molecule has 2 aromatic carbocycles. The van der Waals surface area contributed by atoms with Crippen LogP contribution in [0.2, 0.25) is 0 Å². The Morgan fingerprint density at radius 1 is 1.09 bits per heavy atom. The van der Waals surface area contributed by atoms with Crippen LogP contribution in [0.5, 0.6) is 0 Å². The van der Waals surface area contributed by atoms with Crippen LogP contribution in [0, 0.1) is 12.7 Å². The highest BCUT2D eigenvalue weighted by Crippen LogP contribution is 2.39. The fourth-order valence-corrected chi connectivity index (χ4v) is 4.84. The Balaban J connectivity index is 1.90. The highest BCUT2D eigenvalue weighted by atomic mass is 32.2. The number of nitrogens with zero attached hydrogens (tertiary/aromatic N) is 3. The number of nitrogens with one attached hydrogen (secondary N) is 2. The normalized spacial score (nSPS) is 11.6. The van der Waals surface area contributed by atoms with E-state index in [1.807, 2.05) is 23.6 Å². The second kappa shape index (κ2) is 8.79. The van der Waals surface area contributed by atoms with Gasteiger partial charge in [-0.15, -0.1) is 10.2 Å². The fourth-order valence-electron chi connectivity index (χ4n) is 3.24. The summed E-state index contributed by atoms with van der Waals surface area (Å²) < 4.78 is 43.1. The Labute approximate surface area is 190 Å². The summed E-state index contributed by atoms with van der Waals surface area (Å²) in [6.07, 6.45) is 1.89. The van der Waals surface area contributed by atoms with E-state index in [0.29, 0.717) is 22.1 Å². The summed E-state index contributed by atoms with van der Waals surface area (Å²) in [6.45, 7) is 3.43. The van der Waals surface area contributed by atoms with Crippen LogP contribution >= 0.6 is 11.8 Å². The van der Waals surface area contributed by atoms with E-state index in [2.05, 4.69) is 20.2 Å². The average Bonchev–Trinajstić information content (AvgIpc) is 3.16. The molecule has 0 saturated carbocycles. The molecule has 0 atom stereocenters. The molecule has 0 bridgehead atoms. The van der Waals surface area contributed by atoms with Crippen LogP contribution in [-0.4, -0.2) is 35.8 Å². The number of sulfonamides is 1. The zero-order valence-electron chi connectivity index (χ0n) is 17.8. The highest BCUT2D eigenvalue weighted by Gasteiger charge is 2.16. The number of fused-ring (bicyclic) bond motifs is 1. The first-order valence-corrected chi connectivity index (χ1v) is 12.4. The van der Waals surface area contributed by atoms with Gasteiger partial charge >= 0.3 is 0 Å². The van der Waals surface area contributed by atoms with E-state index in [1.54, 1.807) is 50.4 Å². The molecule has 166 valence electrons. The molecule has 2 N–H and O–H groups in total. The summed E-state index contributed by atoms with van der Waals surface area (Å²) in [5.74, 6) is 0.355. The lowest BCUT2D eigenvalue weighted by molar-refractivity contribution is 0.601. The number of aromatic nitrogens is 3. The summed E-state index contributed by atoms with van der Waals surface area (Å²) in [6, 6.07) is 13.7. The summed E-state index contributed by atoms with van der Waals surface area (Å²) in [5.41, 5.74) is 3.44. The molecule has 0 spiro atoms. The van der Waals surface area contributed by atoms with Crippen molar-refractivity contribution in [1.29, 1.82) is 0 Å². The first-order valence-electron chi connectivity index (χ1n) is 9.91. The smallest absolute Gasteiger partial charge is 0.232 e. The maximum Gasteiger partial charge on any atom is 0.232 e. The molecule has 32 heavy (non-hydrogen) atoms. The molecule has 0 amide bonds. The SMILES string of the molecule is CCS(=O)(=O)Nc1ccc(Sc2ccccc2F)c(-c2cc(NC)c3nnc(C)n3c2)c1. The molecule has 0 aliphatic rings. The van der Waals surface area contributed by atoms with Crippen molar-refractivity contribution in [3.63, 3.8) is 0 Å². The van der Waals surface area contributed by atoms with E-state index < -0.39 is 10.0 Å². The van der Waals surface area contributed by atoms with Crippen LogP contribution in [0.15, 0.2) is 64.5 Å². The Kier molecular flexibility index (Phi) is 6.07. The van der Waals surface area contributed by atoms with Crippen LogP contribution in [0.25, 0.3) is 16.8 Å². The molecule has 0 unspecified atom stereocenters. The molecule has 7 nitrogen and oxygen atoms in total. The van der Waals surface area contributed by atoms with Crippen molar-refractivity contribution >= 4 is 38.8 Å². The number of benzene rings is 2. The molecule has 0 radical (unpaired) electrons. The molecular weight excluding hydrogens is 449 g/mol. The number of pyridine rings is 1. The second-order valence-electron chi connectivity index (χ2n) is 7.08. The fraction of sp³-hybridized carbons (Fsp3) is 0.182. The minimum atomic E-state index is -3.45. The summed E-state index contributed by atoms with van der Waals surface area (Å²) in [7, 11) is -1.65. The lowest BCUT2D eigenvalue weighted by Crippen LogP contribution is -2.14. The molecule has 4 rings (SSSR count). The van der Waals surface area contributed by atoms with Crippen LogP contribution in [0.4, 0.5) is 15.8 Å². The van der Waals surface area contributed by atoms with E-state index in [4.69, 9.17) is 0 Å². The van der Waals surface area contributed by atoms with Gasteiger partial charge in [-0.25, -0.2) is 12.8 Å². The number of anilines is 2. The van der Waals surface area contributed by atoms with Gasteiger partial charge in [0.15, 0.2) is 5.65 Å². The lowest BCUT2D eigenvalue weighted by atomic mass is 10.1. The zero-order chi connectivity index (χ0) is 22.9. The van der Waals surface area contributed by atoms with E-state index in [9.17, 15) is 12.8 Å². The summed E-state index contributed by atoms with van der Waals surface area (Å²) >= 11 is 1.28. The van der Waals surface area contributed by atoms with E-state index in [0.717, 1.165) is 21.7 Å². The average molecular weight is 472 g/mol. The third-order valence-corrected chi connectivity index (χ3v) is 7.38. The van der Waals surface area contributed by atoms with Gasteiger partial charge in [0.05, 0.1) is 11.4 Å². The first-order chi connectivity index (χ1) is 15.3. The van der Waals surface area contributed by atoms with Gasteiger partial charge in [-0.05, 0) is 55.8 Å². The number of halogens is 1. The van der Waals surface area contributed by atoms with Gasteiger partial charge in [0, 0.05) is 34.3 Å². The topological polar surface area (TPSA) is 88.4 Å². The Morgan fingerprint density at radius 3 is 2.59 bits per heavy atom. The number of rotatable bonds is 7. The van der Waals surface area contributed by atoms with E-state index in [1.165, 1.54) is 17.8 Å². The Hall–Kier alpha value is -3.11. The molecule has 4 aromatic rings. The third kappa shape index (κ3) is 4.42. The van der Waals surface area contributed by atoms with Crippen molar-refractivity contribution in [3.05, 3.63) is 66.4 Å². The third-order valence-electron chi connectivity index (χ3n) is 4.95. The van der Waals surface area contributed by atoms with Gasteiger partial charge < -0.3 is 5.32 Å². The Morgan fingerprint density at radius 2 is 1.88 bits per heavy atom. The van der Waals surface area contributed by atoms with Crippen LogP contribution in [-0.2, 0) is 10.0 Å². The van der Waals surface area contributed by atoms with Crippen LogP contribution < -0.4 is 10.0 Å². The predicted molar refractivity (Wildman–Crippen MR) is 126 cm³/mol. The van der Waals surface area contributed by atoms with Crippen molar-refractivity contribution < 1.29 is 12.8 Å². The molecule has 0 fully saturated rings. The van der Waals surface area contributed by atoms with Gasteiger partial charge in [0.1, 0.15) is 11.6 Å². The summed E-state index contributed by atoms with van der Waals surface area (Å²) in [4.78, 5) is 1.26. The molecule has 2 heterocycles. The number of aryl methyl sites for hydroxylation is 1. The van der Waals surface area contributed by atoms with E-state index in [-0.39, 0.29) is 11.6 Å². The maximum atomic E-state index is 14.4. The van der Waals surface area contributed by atoms with Crippen molar-refractivity contribution in [3.8, 4) is 11.1 Å². The standard InChI is InChI=1S/C22H22FN5O2S2/c1-4-32(29,30)27-16-9-10-20(31-21-8-6-5-7-18(21)23)17(12-16)15-11-19(24-3)22-26-25-14(2)28(22)13-15/h5-13,24,27H,4H2,1-3H3. The van der Waals surface area contributed by atoms with Crippen molar-refractivity contribution in [2.24, 2.45) is 0 Å². The number of hydrogen-bond acceptors (Lipinski definition) is 6. The predicted octanol–water partition coefficient (Wildman–Crippen LogP) is 4.80. The van der Waals surface area contributed by atoms with Gasteiger partial charge in [-0.3, -0.25) is 9.12 Å².